The number of furan rings is 1. The average molecular weight is 708 g/mol. The maximum atomic E-state index is 13.7. The summed E-state index contributed by atoms with van der Waals surface area (Å²) in [6.45, 7) is 0.931. The minimum atomic E-state index is -0.577. The number of anilines is 2. The Morgan fingerprint density at radius 3 is 2.04 bits per heavy atom. The van der Waals surface area contributed by atoms with Gasteiger partial charge >= 0.3 is 0 Å². The van der Waals surface area contributed by atoms with E-state index < -0.39 is 17.1 Å². The first-order valence-corrected chi connectivity index (χ1v) is 17.4. The van der Waals surface area contributed by atoms with Crippen molar-refractivity contribution in [3.8, 4) is 22.8 Å². The van der Waals surface area contributed by atoms with Gasteiger partial charge < -0.3 is 29.8 Å². The molecule has 5 aromatic carbocycles. The number of benzene rings is 5. The molecule has 2 heterocycles. The van der Waals surface area contributed by atoms with Gasteiger partial charge in [0.25, 0.3) is 11.8 Å². The highest BCUT2D eigenvalue weighted by molar-refractivity contribution is 8.00. The molecule has 10 heteroatoms. The number of thioether (sulfide) groups is 1. The van der Waals surface area contributed by atoms with Crippen LogP contribution in [0.3, 0.4) is 0 Å². The summed E-state index contributed by atoms with van der Waals surface area (Å²) in [6.07, 6.45) is 1.50. The van der Waals surface area contributed by atoms with Crippen molar-refractivity contribution in [3.05, 3.63) is 168 Å². The lowest BCUT2D eigenvalue weighted by Gasteiger charge is -2.20. The molecular formula is C42H33N3O6S. The second-order valence-electron chi connectivity index (χ2n) is 11.7. The molecule has 52 heavy (non-hydrogen) atoms. The van der Waals surface area contributed by atoms with Crippen LogP contribution in [0.15, 0.2) is 161 Å². The van der Waals surface area contributed by atoms with Gasteiger partial charge in [-0.15, -0.1) is 11.8 Å². The Hall–Kier alpha value is -6.52. The summed E-state index contributed by atoms with van der Waals surface area (Å²) in [5, 5.41) is 8.06. The number of carbonyl (C=O) groups is 3. The van der Waals surface area contributed by atoms with E-state index in [4.69, 9.17) is 13.9 Å². The Morgan fingerprint density at radius 1 is 0.654 bits per heavy atom. The summed E-state index contributed by atoms with van der Waals surface area (Å²) in [6, 6.07) is 43.8. The number of carbonyl (C=O) groups excluding carboxylic acids is 3. The predicted molar refractivity (Wildman–Crippen MR) is 202 cm³/mol. The van der Waals surface area contributed by atoms with Gasteiger partial charge in [-0.05, 0) is 66.2 Å². The van der Waals surface area contributed by atoms with Crippen LogP contribution >= 0.6 is 11.8 Å². The van der Waals surface area contributed by atoms with E-state index in [1.54, 1.807) is 60.7 Å². The highest BCUT2D eigenvalue weighted by Crippen LogP contribution is 2.38. The fourth-order valence-electron chi connectivity index (χ4n) is 5.45. The van der Waals surface area contributed by atoms with Gasteiger partial charge in [-0.1, -0.05) is 78.9 Å². The van der Waals surface area contributed by atoms with E-state index in [0.29, 0.717) is 53.2 Å². The normalized spacial score (nSPS) is 12.7. The van der Waals surface area contributed by atoms with Gasteiger partial charge in [0.05, 0.1) is 0 Å². The average Bonchev–Trinajstić information content (AvgIpc) is 3.67. The van der Waals surface area contributed by atoms with Crippen molar-refractivity contribution in [2.45, 2.75) is 10.1 Å². The van der Waals surface area contributed by atoms with Crippen molar-refractivity contribution >= 4 is 46.9 Å². The van der Waals surface area contributed by atoms with Gasteiger partial charge in [-0.25, -0.2) is 0 Å². The molecule has 258 valence electrons. The first kappa shape index (κ1) is 34.0. The molecule has 1 aliphatic heterocycles. The molecule has 0 spiro atoms. The zero-order valence-corrected chi connectivity index (χ0v) is 28.6. The van der Waals surface area contributed by atoms with Crippen LogP contribution in [0.5, 0.6) is 11.5 Å². The maximum absolute atomic E-state index is 13.7. The highest BCUT2D eigenvalue weighted by atomic mass is 32.2. The van der Waals surface area contributed by atoms with Gasteiger partial charge in [0.1, 0.15) is 35.7 Å². The lowest BCUT2D eigenvalue weighted by atomic mass is 10.1. The van der Waals surface area contributed by atoms with Crippen molar-refractivity contribution in [1.82, 2.24) is 5.32 Å². The van der Waals surface area contributed by atoms with Crippen LogP contribution in [0.25, 0.3) is 17.4 Å². The number of hydrogen-bond acceptors (Lipinski definition) is 7. The Balaban J connectivity index is 1.08. The van der Waals surface area contributed by atoms with Crippen molar-refractivity contribution in [1.29, 1.82) is 0 Å². The van der Waals surface area contributed by atoms with E-state index in [-0.39, 0.29) is 11.6 Å². The third-order valence-corrected chi connectivity index (χ3v) is 9.28. The summed E-state index contributed by atoms with van der Waals surface area (Å²) in [5.74, 6) is 1.07. The summed E-state index contributed by atoms with van der Waals surface area (Å²) in [5.41, 5.74) is 3.21. The van der Waals surface area contributed by atoms with E-state index >= 15 is 0 Å². The number of ether oxygens (including phenoxy) is 2. The number of hydrogen-bond donors (Lipinski definition) is 3. The minimum absolute atomic E-state index is 0.00113. The third-order valence-electron chi connectivity index (χ3n) is 8.02. The first-order chi connectivity index (χ1) is 25.5. The summed E-state index contributed by atoms with van der Waals surface area (Å²) in [7, 11) is 0. The molecule has 6 aromatic rings. The Bertz CT molecular complexity index is 2200. The zero-order chi connectivity index (χ0) is 35.7. The summed E-state index contributed by atoms with van der Waals surface area (Å²) < 4.78 is 17.3. The van der Waals surface area contributed by atoms with Crippen LogP contribution in [-0.4, -0.2) is 30.9 Å². The van der Waals surface area contributed by atoms with Crippen LogP contribution in [0.1, 0.15) is 26.9 Å². The van der Waals surface area contributed by atoms with Crippen LogP contribution in [-0.2, 0) is 9.59 Å². The molecule has 0 bridgehead atoms. The van der Waals surface area contributed by atoms with E-state index in [9.17, 15) is 14.4 Å². The number of amides is 3. The van der Waals surface area contributed by atoms with Crippen molar-refractivity contribution in [3.63, 3.8) is 0 Å². The van der Waals surface area contributed by atoms with E-state index in [2.05, 4.69) is 16.0 Å². The molecule has 1 aliphatic rings. The predicted octanol–water partition coefficient (Wildman–Crippen LogP) is 8.60. The Morgan fingerprint density at radius 2 is 1.31 bits per heavy atom. The quantitative estimate of drug-likeness (QED) is 0.0912. The number of nitrogens with one attached hydrogen (secondary N) is 3. The van der Waals surface area contributed by atoms with Crippen LogP contribution in [0, 0.1) is 0 Å². The minimum Gasteiger partial charge on any atom is -0.486 e. The third kappa shape index (κ3) is 8.43. The smallest absolute Gasteiger partial charge is 0.272 e. The molecule has 3 amide bonds. The molecule has 1 atom stereocenters. The molecule has 1 aromatic heterocycles. The second kappa shape index (κ2) is 16.0. The van der Waals surface area contributed by atoms with Gasteiger partial charge in [-0.3, -0.25) is 14.4 Å². The van der Waals surface area contributed by atoms with Crippen LogP contribution in [0.4, 0.5) is 11.4 Å². The molecule has 0 radical (unpaired) electrons. The van der Waals surface area contributed by atoms with Crippen molar-refractivity contribution in [2.75, 3.05) is 23.8 Å². The number of rotatable bonds is 11. The Labute approximate surface area is 304 Å². The van der Waals surface area contributed by atoms with Gasteiger partial charge in [-0.2, -0.15) is 0 Å². The maximum Gasteiger partial charge on any atom is 0.272 e. The lowest BCUT2D eigenvalue weighted by molar-refractivity contribution is -0.116. The van der Waals surface area contributed by atoms with Crippen LogP contribution in [0.2, 0.25) is 0 Å². The number of fused-ring (bicyclic) bond motifs is 1. The fraction of sp³-hybridized carbons (Fsp3) is 0.0714. The molecule has 0 unspecified atom stereocenters. The van der Waals surface area contributed by atoms with Crippen molar-refractivity contribution < 1.29 is 28.3 Å². The molecule has 0 saturated heterocycles. The summed E-state index contributed by atoms with van der Waals surface area (Å²) >= 11 is 1.38. The van der Waals surface area contributed by atoms with Gasteiger partial charge in [0.15, 0.2) is 11.5 Å². The lowest BCUT2D eigenvalue weighted by Crippen LogP contribution is -2.30. The van der Waals surface area contributed by atoms with Gasteiger partial charge in [0.2, 0.25) is 5.91 Å². The topological polar surface area (TPSA) is 119 Å². The molecule has 3 N–H and O–H groups in total. The Kier molecular flexibility index (Phi) is 10.5. The zero-order valence-electron chi connectivity index (χ0n) is 27.8. The second-order valence-corrected chi connectivity index (χ2v) is 12.9. The van der Waals surface area contributed by atoms with E-state index in [1.807, 2.05) is 84.9 Å². The molecule has 0 fully saturated rings. The van der Waals surface area contributed by atoms with E-state index in [0.717, 1.165) is 16.0 Å². The monoisotopic (exact) mass is 707 g/mol. The molecule has 0 aliphatic carbocycles. The molecule has 0 saturated carbocycles. The van der Waals surface area contributed by atoms with Gasteiger partial charge in [0, 0.05) is 39.5 Å². The molecule has 9 nitrogen and oxygen atoms in total. The van der Waals surface area contributed by atoms with Crippen LogP contribution < -0.4 is 25.4 Å². The first-order valence-electron chi connectivity index (χ1n) is 16.6. The summed E-state index contributed by atoms with van der Waals surface area (Å²) in [4.78, 5) is 41.3. The molecule has 7 rings (SSSR count). The highest BCUT2D eigenvalue weighted by Gasteiger charge is 2.24. The fourth-order valence-corrected chi connectivity index (χ4v) is 6.48. The molecular weight excluding hydrogens is 675 g/mol. The largest absolute Gasteiger partial charge is 0.486 e. The van der Waals surface area contributed by atoms with Crippen molar-refractivity contribution in [2.24, 2.45) is 0 Å². The SMILES string of the molecule is O=C(Nc1ccc(S[C@H](C(=O)Nc2ccc3c(c2)OCCO3)c2ccccc2)cc1)/C(=C/c1ccc(-c2ccccc2)o1)NC(=O)c1ccccc1. The van der Waals surface area contributed by atoms with E-state index in [1.165, 1.54) is 17.8 Å². The standard InChI is InChI=1S/C42H33N3O6S/c46-40(30-14-8-3-9-15-30)45-35(27-33-19-23-36(51-33)28-10-4-1-5-11-28)41(47)43-31-16-20-34(21-17-31)52-39(29-12-6-2-7-13-29)42(48)44-32-18-22-37-38(26-32)50-25-24-49-37/h1-23,26-27,39H,24-25H2,(H,43,47)(H,44,48)(H,45,46)/b35-27-/t39-/m0/s1.